The van der Waals surface area contributed by atoms with Crippen LogP contribution in [0.3, 0.4) is 0 Å². The molecule has 2 aliphatic rings. The molecule has 1 amide bonds. The topological polar surface area (TPSA) is 29.1 Å². The van der Waals surface area contributed by atoms with Crippen molar-refractivity contribution in [1.82, 2.24) is 5.32 Å². The van der Waals surface area contributed by atoms with Crippen LogP contribution in [0.1, 0.15) is 45.4 Å². The fraction of sp³-hybridized carbons (Fsp3) is 0.909. The molecule has 2 rings (SSSR count). The van der Waals surface area contributed by atoms with Gasteiger partial charge in [-0.1, -0.05) is 19.3 Å². The molecule has 3 unspecified atom stereocenters. The van der Waals surface area contributed by atoms with Crippen molar-refractivity contribution in [3.63, 3.8) is 0 Å². The summed E-state index contributed by atoms with van der Waals surface area (Å²) in [7, 11) is 0. The Hall–Kier alpha value is -0.530. The van der Waals surface area contributed by atoms with E-state index in [-0.39, 0.29) is 5.91 Å². The van der Waals surface area contributed by atoms with Crippen LogP contribution in [0.25, 0.3) is 0 Å². The Morgan fingerprint density at radius 2 is 1.92 bits per heavy atom. The summed E-state index contributed by atoms with van der Waals surface area (Å²) in [6.07, 6.45) is 8.09. The number of hydrogen-bond donors (Lipinski definition) is 1. The minimum Gasteiger partial charge on any atom is -0.353 e. The number of rotatable bonds is 1. The number of carbonyl (C=O) groups is 1. The summed E-state index contributed by atoms with van der Waals surface area (Å²) in [5, 5.41) is 3.10. The van der Waals surface area contributed by atoms with Crippen LogP contribution in [0.15, 0.2) is 0 Å². The number of amides is 1. The molecule has 0 aromatic heterocycles. The normalized spacial score (nSPS) is 38.4. The van der Waals surface area contributed by atoms with Crippen molar-refractivity contribution in [2.45, 2.75) is 51.5 Å². The van der Waals surface area contributed by atoms with Crippen molar-refractivity contribution in [1.29, 1.82) is 0 Å². The van der Waals surface area contributed by atoms with Gasteiger partial charge in [0.1, 0.15) is 0 Å². The third-order valence-corrected chi connectivity index (χ3v) is 3.72. The zero-order valence-corrected chi connectivity index (χ0v) is 8.38. The third kappa shape index (κ3) is 1.87. The summed E-state index contributed by atoms with van der Waals surface area (Å²) >= 11 is 0. The molecule has 0 spiro atoms. The van der Waals surface area contributed by atoms with Gasteiger partial charge >= 0.3 is 0 Å². The van der Waals surface area contributed by atoms with Gasteiger partial charge < -0.3 is 5.32 Å². The van der Waals surface area contributed by atoms with Crippen molar-refractivity contribution >= 4 is 5.91 Å². The Kier molecular flexibility index (Phi) is 2.56. The Bertz CT molecular complexity index is 202. The first-order chi connectivity index (χ1) is 6.27. The Balaban J connectivity index is 1.94. The van der Waals surface area contributed by atoms with Crippen LogP contribution < -0.4 is 5.32 Å². The number of fused-ring (bicyclic) bond motifs is 1. The smallest absolute Gasteiger partial charge is 0.217 e. The maximum absolute atomic E-state index is 11.0. The van der Waals surface area contributed by atoms with E-state index in [2.05, 4.69) is 5.32 Å². The molecule has 0 heterocycles. The van der Waals surface area contributed by atoms with Gasteiger partial charge in [0.15, 0.2) is 0 Å². The van der Waals surface area contributed by atoms with Gasteiger partial charge in [0, 0.05) is 13.0 Å². The van der Waals surface area contributed by atoms with Crippen molar-refractivity contribution in [3.05, 3.63) is 0 Å². The molecule has 13 heavy (non-hydrogen) atoms. The summed E-state index contributed by atoms with van der Waals surface area (Å²) < 4.78 is 0. The third-order valence-electron chi connectivity index (χ3n) is 3.72. The van der Waals surface area contributed by atoms with E-state index in [1.54, 1.807) is 6.92 Å². The first-order valence-corrected chi connectivity index (χ1v) is 5.54. The average Bonchev–Trinajstić information content (AvgIpc) is 2.48. The van der Waals surface area contributed by atoms with E-state index in [1.807, 2.05) is 0 Å². The molecule has 2 fully saturated rings. The van der Waals surface area contributed by atoms with Crippen LogP contribution in [0.5, 0.6) is 0 Å². The summed E-state index contributed by atoms with van der Waals surface area (Å²) in [6, 6.07) is 0.503. The SMILES string of the molecule is CC(=O)NC1CCC2CCCCC21. The maximum Gasteiger partial charge on any atom is 0.217 e. The molecular weight excluding hydrogens is 162 g/mol. The molecule has 3 atom stereocenters. The lowest BCUT2D eigenvalue weighted by molar-refractivity contribution is -0.120. The van der Waals surface area contributed by atoms with Gasteiger partial charge in [0.05, 0.1) is 0 Å². The number of hydrogen-bond acceptors (Lipinski definition) is 1. The predicted molar refractivity (Wildman–Crippen MR) is 52.3 cm³/mol. The van der Waals surface area contributed by atoms with Crippen LogP contribution in [-0.2, 0) is 4.79 Å². The molecule has 2 saturated carbocycles. The minimum atomic E-state index is 0.149. The van der Waals surface area contributed by atoms with E-state index in [0.29, 0.717) is 6.04 Å². The number of carbonyl (C=O) groups excluding carboxylic acids is 1. The first kappa shape index (κ1) is 9.04. The maximum atomic E-state index is 11.0. The van der Waals surface area contributed by atoms with E-state index in [9.17, 15) is 4.79 Å². The second kappa shape index (κ2) is 3.69. The molecular formula is C11H19NO. The fourth-order valence-electron chi connectivity index (χ4n) is 3.17. The van der Waals surface area contributed by atoms with Crippen molar-refractivity contribution < 1.29 is 4.79 Å². The largest absolute Gasteiger partial charge is 0.353 e. The number of nitrogens with one attached hydrogen (secondary N) is 1. The lowest BCUT2D eigenvalue weighted by Crippen LogP contribution is -2.38. The van der Waals surface area contributed by atoms with E-state index >= 15 is 0 Å². The molecule has 2 nitrogen and oxygen atoms in total. The van der Waals surface area contributed by atoms with E-state index in [0.717, 1.165) is 11.8 Å². The molecule has 2 heteroatoms. The predicted octanol–water partition coefficient (Wildman–Crippen LogP) is 2.09. The monoisotopic (exact) mass is 181 g/mol. The minimum absolute atomic E-state index is 0.149. The van der Waals surface area contributed by atoms with Crippen LogP contribution in [-0.4, -0.2) is 11.9 Å². The molecule has 0 bridgehead atoms. The van der Waals surface area contributed by atoms with Crippen molar-refractivity contribution in [2.24, 2.45) is 11.8 Å². The van der Waals surface area contributed by atoms with Gasteiger partial charge in [-0.25, -0.2) is 0 Å². The van der Waals surface area contributed by atoms with Crippen LogP contribution in [0.4, 0.5) is 0 Å². The molecule has 2 aliphatic carbocycles. The highest BCUT2D eigenvalue weighted by Gasteiger charge is 2.37. The summed E-state index contributed by atoms with van der Waals surface area (Å²) in [5.41, 5.74) is 0. The Morgan fingerprint density at radius 3 is 2.69 bits per heavy atom. The van der Waals surface area contributed by atoms with E-state index in [4.69, 9.17) is 0 Å². The lowest BCUT2D eigenvalue weighted by atomic mass is 9.80. The van der Waals surface area contributed by atoms with Gasteiger partial charge in [-0.15, -0.1) is 0 Å². The quantitative estimate of drug-likeness (QED) is 0.659. The van der Waals surface area contributed by atoms with E-state index in [1.165, 1.54) is 38.5 Å². The standard InChI is InChI=1S/C11H19NO/c1-8(13)12-11-7-6-9-4-2-3-5-10(9)11/h9-11H,2-7H2,1H3,(H,12,13). The zero-order valence-electron chi connectivity index (χ0n) is 8.38. The van der Waals surface area contributed by atoms with Crippen molar-refractivity contribution in [3.8, 4) is 0 Å². The molecule has 0 saturated heterocycles. The summed E-state index contributed by atoms with van der Waals surface area (Å²) in [6.45, 7) is 1.64. The van der Waals surface area contributed by atoms with Crippen molar-refractivity contribution in [2.75, 3.05) is 0 Å². The van der Waals surface area contributed by atoms with Gasteiger partial charge in [0.25, 0.3) is 0 Å². The highest BCUT2D eigenvalue weighted by Crippen LogP contribution is 2.42. The van der Waals surface area contributed by atoms with Gasteiger partial charge in [0.2, 0.25) is 5.91 Å². The van der Waals surface area contributed by atoms with Crippen LogP contribution in [0, 0.1) is 11.8 Å². The Labute approximate surface area is 80.1 Å². The second-order valence-electron chi connectivity index (χ2n) is 4.59. The van der Waals surface area contributed by atoms with E-state index < -0.39 is 0 Å². The molecule has 0 aromatic rings. The molecule has 0 aromatic carbocycles. The molecule has 0 aliphatic heterocycles. The summed E-state index contributed by atoms with van der Waals surface area (Å²) in [5.74, 6) is 1.87. The fourth-order valence-corrected chi connectivity index (χ4v) is 3.17. The molecule has 0 radical (unpaired) electrons. The first-order valence-electron chi connectivity index (χ1n) is 5.54. The van der Waals surface area contributed by atoms with Gasteiger partial charge in [-0.2, -0.15) is 0 Å². The summed E-state index contributed by atoms with van der Waals surface area (Å²) in [4.78, 5) is 11.0. The van der Waals surface area contributed by atoms with Crippen LogP contribution >= 0.6 is 0 Å². The van der Waals surface area contributed by atoms with Gasteiger partial charge in [-0.3, -0.25) is 4.79 Å². The Morgan fingerprint density at radius 1 is 1.15 bits per heavy atom. The highest BCUT2D eigenvalue weighted by molar-refractivity contribution is 5.73. The average molecular weight is 181 g/mol. The lowest BCUT2D eigenvalue weighted by Gasteiger charge is -2.29. The van der Waals surface area contributed by atoms with Gasteiger partial charge in [-0.05, 0) is 31.1 Å². The zero-order chi connectivity index (χ0) is 9.26. The molecule has 1 N–H and O–H groups in total. The highest BCUT2D eigenvalue weighted by atomic mass is 16.1. The second-order valence-corrected chi connectivity index (χ2v) is 4.59. The molecule has 74 valence electrons. The van der Waals surface area contributed by atoms with Crippen LogP contribution in [0.2, 0.25) is 0 Å².